The second kappa shape index (κ2) is 10.7. The van der Waals surface area contributed by atoms with Gasteiger partial charge in [0.2, 0.25) is 5.78 Å². The fraction of sp³-hybridized carbons (Fsp3) is 0.286. The van der Waals surface area contributed by atoms with Gasteiger partial charge in [0.1, 0.15) is 22.6 Å². The van der Waals surface area contributed by atoms with Crippen molar-refractivity contribution in [3.63, 3.8) is 0 Å². The molecular weight excluding hydrogens is 447 g/mol. The molecule has 0 aromatic heterocycles. The molecule has 1 amide bonds. The van der Waals surface area contributed by atoms with E-state index in [0.29, 0.717) is 0 Å². The number of nitro groups is 1. The Morgan fingerprint density at radius 2 is 1.88 bits per heavy atom. The molecule has 0 aliphatic heterocycles. The largest absolute Gasteiger partial charge is 0.496 e. The Bertz CT molecular complexity index is 1060. The van der Waals surface area contributed by atoms with Crippen LogP contribution in [0, 0.1) is 21.8 Å². The summed E-state index contributed by atoms with van der Waals surface area (Å²) in [5.41, 5.74) is -0.642. The van der Waals surface area contributed by atoms with Gasteiger partial charge in [0.25, 0.3) is 11.6 Å². The first-order chi connectivity index (χ1) is 15.0. The van der Waals surface area contributed by atoms with Crippen LogP contribution >= 0.6 is 11.6 Å². The lowest BCUT2D eigenvalue weighted by atomic mass is 10.0. The van der Waals surface area contributed by atoms with Crippen LogP contribution in [0.5, 0.6) is 5.75 Å². The predicted molar refractivity (Wildman–Crippen MR) is 112 cm³/mol. The molecule has 0 unspecified atom stereocenters. The molecule has 0 aliphatic rings. The molecule has 0 saturated carbocycles. The second-order valence-corrected chi connectivity index (χ2v) is 7.40. The van der Waals surface area contributed by atoms with E-state index in [1.54, 1.807) is 13.8 Å². The smallest absolute Gasteiger partial charge is 0.329 e. The van der Waals surface area contributed by atoms with Crippen LogP contribution in [-0.2, 0) is 9.53 Å². The van der Waals surface area contributed by atoms with Gasteiger partial charge in [-0.2, -0.15) is 0 Å². The summed E-state index contributed by atoms with van der Waals surface area (Å²) in [6.07, 6.45) is 0. The summed E-state index contributed by atoms with van der Waals surface area (Å²) in [5, 5.41) is 13.3. The van der Waals surface area contributed by atoms with Crippen LogP contribution in [0.3, 0.4) is 0 Å². The first-order valence-electron chi connectivity index (χ1n) is 9.33. The highest BCUT2D eigenvalue weighted by Gasteiger charge is 2.28. The number of ketones is 1. The maximum absolute atomic E-state index is 13.5. The van der Waals surface area contributed by atoms with Crippen molar-refractivity contribution in [2.75, 3.05) is 13.7 Å². The molecule has 0 bridgehead atoms. The van der Waals surface area contributed by atoms with Crippen molar-refractivity contribution in [2.45, 2.75) is 19.9 Å². The number of benzene rings is 2. The number of carbonyl (C=O) groups is 3. The third-order valence-electron chi connectivity index (χ3n) is 4.42. The molecule has 9 nitrogen and oxygen atoms in total. The number of nitrogens with one attached hydrogen (secondary N) is 1. The third-order valence-corrected chi connectivity index (χ3v) is 4.74. The fourth-order valence-electron chi connectivity index (χ4n) is 2.72. The summed E-state index contributed by atoms with van der Waals surface area (Å²) < 4.78 is 23.5. The Morgan fingerprint density at radius 1 is 1.19 bits per heavy atom. The molecule has 1 atom stereocenters. The minimum absolute atomic E-state index is 0.0832. The topological polar surface area (TPSA) is 125 Å². The first-order valence-corrected chi connectivity index (χ1v) is 9.71. The maximum atomic E-state index is 13.5. The lowest BCUT2D eigenvalue weighted by Gasteiger charge is -2.21. The number of carbonyl (C=O) groups excluding carboxylic acids is 3. The average molecular weight is 467 g/mol. The first kappa shape index (κ1) is 24.7. The number of hydrogen-bond acceptors (Lipinski definition) is 7. The number of ether oxygens (including phenoxy) is 2. The number of nitrogens with zero attached hydrogens (tertiary/aromatic N) is 1. The van der Waals surface area contributed by atoms with Gasteiger partial charge in [-0.3, -0.25) is 19.7 Å². The van der Waals surface area contributed by atoms with Gasteiger partial charge in [-0.15, -0.1) is 0 Å². The van der Waals surface area contributed by atoms with Crippen molar-refractivity contribution in [3.8, 4) is 5.75 Å². The Hall–Kier alpha value is -3.53. The second-order valence-electron chi connectivity index (χ2n) is 6.99. The zero-order valence-electron chi connectivity index (χ0n) is 17.4. The van der Waals surface area contributed by atoms with Gasteiger partial charge in [0.15, 0.2) is 6.61 Å². The number of nitro benzene ring substituents is 1. The molecule has 0 spiro atoms. The lowest BCUT2D eigenvalue weighted by Crippen LogP contribution is -2.45. The summed E-state index contributed by atoms with van der Waals surface area (Å²) in [6, 6.07) is 5.65. The zero-order valence-corrected chi connectivity index (χ0v) is 18.1. The van der Waals surface area contributed by atoms with Gasteiger partial charge in [-0.1, -0.05) is 25.4 Å². The highest BCUT2D eigenvalue weighted by atomic mass is 35.5. The number of halogens is 2. The van der Waals surface area contributed by atoms with Crippen LogP contribution < -0.4 is 10.1 Å². The third kappa shape index (κ3) is 6.01. The van der Waals surface area contributed by atoms with Gasteiger partial charge in [0.05, 0.1) is 17.6 Å². The fourth-order valence-corrected chi connectivity index (χ4v) is 2.91. The van der Waals surface area contributed by atoms with Crippen LogP contribution in [-0.4, -0.2) is 42.3 Å². The molecule has 0 radical (unpaired) electrons. The van der Waals surface area contributed by atoms with E-state index in [1.165, 1.54) is 25.3 Å². The van der Waals surface area contributed by atoms with Crippen molar-refractivity contribution in [2.24, 2.45) is 5.92 Å². The molecule has 32 heavy (non-hydrogen) atoms. The quantitative estimate of drug-likeness (QED) is 0.259. The summed E-state index contributed by atoms with van der Waals surface area (Å²) in [7, 11) is 1.31. The number of amides is 1. The Labute approximate surface area is 187 Å². The van der Waals surface area contributed by atoms with E-state index < -0.39 is 52.7 Å². The van der Waals surface area contributed by atoms with Crippen LogP contribution in [0.2, 0.25) is 5.02 Å². The van der Waals surface area contributed by atoms with E-state index in [2.05, 4.69) is 5.32 Å². The average Bonchev–Trinajstić information content (AvgIpc) is 2.75. The van der Waals surface area contributed by atoms with Crippen molar-refractivity contribution in [3.05, 3.63) is 68.5 Å². The molecule has 0 aliphatic carbocycles. The van der Waals surface area contributed by atoms with Gasteiger partial charge >= 0.3 is 5.97 Å². The molecule has 1 N–H and O–H groups in total. The maximum Gasteiger partial charge on any atom is 0.329 e. The van der Waals surface area contributed by atoms with Crippen LogP contribution in [0.1, 0.15) is 34.6 Å². The number of rotatable bonds is 9. The van der Waals surface area contributed by atoms with Gasteiger partial charge in [-0.05, 0) is 36.2 Å². The Morgan fingerprint density at radius 3 is 2.47 bits per heavy atom. The highest BCUT2D eigenvalue weighted by molar-refractivity contribution is 6.32. The molecule has 170 valence electrons. The van der Waals surface area contributed by atoms with Crippen molar-refractivity contribution >= 4 is 34.9 Å². The molecule has 2 aromatic carbocycles. The highest BCUT2D eigenvalue weighted by Crippen LogP contribution is 2.25. The van der Waals surface area contributed by atoms with E-state index in [0.717, 1.165) is 18.2 Å². The van der Waals surface area contributed by atoms with Crippen molar-refractivity contribution in [1.82, 2.24) is 5.32 Å². The molecule has 0 saturated heterocycles. The monoisotopic (exact) mass is 466 g/mol. The van der Waals surface area contributed by atoms with Crippen molar-refractivity contribution in [1.29, 1.82) is 0 Å². The van der Waals surface area contributed by atoms with Crippen LogP contribution in [0.25, 0.3) is 0 Å². The minimum Gasteiger partial charge on any atom is -0.496 e. The number of hydrogen-bond donors (Lipinski definition) is 1. The van der Waals surface area contributed by atoms with E-state index in [4.69, 9.17) is 21.1 Å². The zero-order chi connectivity index (χ0) is 24.0. The number of esters is 1. The Balaban J connectivity index is 2.11. The summed E-state index contributed by atoms with van der Waals surface area (Å²) >= 11 is 5.74. The van der Waals surface area contributed by atoms with Crippen LogP contribution in [0.4, 0.5) is 10.1 Å². The minimum atomic E-state index is -1.15. The van der Waals surface area contributed by atoms with Gasteiger partial charge in [0, 0.05) is 11.6 Å². The SMILES string of the molecule is COc1ccc(F)cc1C(=O)COC(=O)[C@@H](NC(=O)c1ccc(Cl)c([N+](=O)[O-])c1)C(C)C. The van der Waals surface area contributed by atoms with E-state index in [9.17, 15) is 28.9 Å². The Kier molecular flexibility index (Phi) is 8.25. The summed E-state index contributed by atoms with van der Waals surface area (Å²) in [5.74, 6) is -3.35. The predicted octanol–water partition coefficient (Wildman–Crippen LogP) is 3.58. The molecular formula is C21H20ClFN2O7. The number of methoxy groups -OCH3 is 1. The molecule has 0 heterocycles. The normalized spacial score (nSPS) is 11.6. The molecule has 2 rings (SSSR count). The summed E-state index contributed by atoms with van der Waals surface area (Å²) in [6.45, 7) is 2.56. The van der Waals surface area contributed by atoms with E-state index in [-0.39, 0.29) is 21.9 Å². The standard InChI is InChI=1S/C21H20ClFN2O7/c1-11(2)19(24-20(27)12-4-6-15(22)16(8-12)25(29)30)21(28)32-10-17(26)14-9-13(23)5-7-18(14)31-3/h4-9,11,19H,10H2,1-3H3,(H,24,27)/t19-/m0/s1. The number of Topliss-reactive ketones (excluding diaryl/α,β-unsaturated/α-hetero) is 1. The van der Waals surface area contributed by atoms with E-state index >= 15 is 0 Å². The van der Waals surface area contributed by atoms with Gasteiger partial charge in [-0.25, -0.2) is 9.18 Å². The molecule has 11 heteroatoms. The molecule has 0 fully saturated rings. The van der Waals surface area contributed by atoms with Gasteiger partial charge < -0.3 is 14.8 Å². The van der Waals surface area contributed by atoms with Crippen LogP contribution in [0.15, 0.2) is 36.4 Å². The molecule has 2 aromatic rings. The lowest BCUT2D eigenvalue weighted by molar-refractivity contribution is -0.384. The van der Waals surface area contributed by atoms with Crippen molar-refractivity contribution < 1.29 is 33.2 Å². The van der Waals surface area contributed by atoms with E-state index in [1.807, 2.05) is 0 Å². The summed E-state index contributed by atoms with van der Waals surface area (Å²) in [4.78, 5) is 47.7.